The fourth-order valence-electron chi connectivity index (χ4n) is 1.71. The normalized spacial score (nSPS) is 14.6. The van der Waals surface area contributed by atoms with Crippen LogP contribution in [0.5, 0.6) is 0 Å². The van der Waals surface area contributed by atoms with Crippen LogP contribution in [0.25, 0.3) is 0 Å². The van der Waals surface area contributed by atoms with Crippen molar-refractivity contribution in [3.63, 3.8) is 0 Å². The largest absolute Gasteiger partial charge is 0.326 e. The number of amides is 1. The van der Waals surface area contributed by atoms with Crippen molar-refractivity contribution < 1.29 is 4.79 Å². The van der Waals surface area contributed by atoms with Gasteiger partial charge in [0, 0.05) is 18.2 Å². The summed E-state index contributed by atoms with van der Waals surface area (Å²) in [6.45, 7) is 2.90. The molecule has 0 saturated heterocycles. The second kappa shape index (κ2) is 5.82. The fraction of sp³-hybridized carbons (Fsp3) is 0.500. The molecule has 3 heteroatoms. The Hall–Kier alpha value is -1.35. The molecule has 2 N–H and O–H groups in total. The maximum absolute atomic E-state index is 11.2. The van der Waals surface area contributed by atoms with E-state index in [1.54, 1.807) is 0 Å². The lowest BCUT2D eigenvalue weighted by Gasteiger charge is -2.06. The van der Waals surface area contributed by atoms with Crippen LogP contribution in [0.4, 0.5) is 5.69 Å². The third-order valence-electron chi connectivity index (χ3n) is 2.98. The first-order valence-electron chi connectivity index (χ1n) is 6.40. The zero-order chi connectivity index (χ0) is 12.1. The molecule has 0 aliphatic heterocycles. The predicted molar refractivity (Wildman–Crippen MR) is 70.1 cm³/mol. The van der Waals surface area contributed by atoms with Gasteiger partial charge >= 0.3 is 0 Å². The molecule has 3 nitrogen and oxygen atoms in total. The van der Waals surface area contributed by atoms with E-state index in [4.69, 9.17) is 0 Å². The van der Waals surface area contributed by atoms with Crippen LogP contribution in [-0.2, 0) is 11.2 Å². The summed E-state index contributed by atoms with van der Waals surface area (Å²) in [5.74, 6) is 0.0631. The summed E-state index contributed by atoms with van der Waals surface area (Å²) in [6, 6.07) is 8.89. The molecule has 0 spiro atoms. The molecule has 0 atom stereocenters. The Morgan fingerprint density at radius 1 is 1.29 bits per heavy atom. The molecule has 1 aliphatic rings. The molecule has 1 saturated carbocycles. The molecule has 0 bridgehead atoms. The zero-order valence-electron chi connectivity index (χ0n) is 10.3. The number of carbonyl (C=O) groups is 1. The van der Waals surface area contributed by atoms with Gasteiger partial charge in [-0.3, -0.25) is 4.79 Å². The summed E-state index contributed by atoms with van der Waals surface area (Å²) in [6.07, 6.45) is 4.25. The molecular weight excluding hydrogens is 212 g/mol. The zero-order valence-corrected chi connectivity index (χ0v) is 10.3. The summed E-state index contributed by atoms with van der Waals surface area (Å²) < 4.78 is 0. The molecule has 1 aliphatic carbocycles. The van der Waals surface area contributed by atoms with Crippen LogP contribution in [0.15, 0.2) is 24.3 Å². The lowest BCUT2D eigenvalue weighted by Crippen LogP contribution is -2.19. The molecule has 1 aromatic carbocycles. The first kappa shape index (κ1) is 12.1. The van der Waals surface area contributed by atoms with E-state index in [1.807, 2.05) is 19.1 Å². The van der Waals surface area contributed by atoms with Gasteiger partial charge in [-0.05, 0) is 43.5 Å². The first-order chi connectivity index (χ1) is 8.28. The number of nitrogens with one attached hydrogen (secondary N) is 2. The summed E-state index contributed by atoms with van der Waals surface area (Å²) in [5, 5.41) is 6.34. The van der Waals surface area contributed by atoms with Gasteiger partial charge in [-0.2, -0.15) is 0 Å². The summed E-state index contributed by atoms with van der Waals surface area (Å²) in [4.78, 5) is 11.2. The SMILES string of the molecule is CCC(=O)Nc1ccc(CCNC2CC2)cc1. The van der Waals surface area contributed by atoms with E-state index in [9.17, 15) is 4.79 Å². The lowest BCUT2D eigenvalue weighted by atomic mass is 10.1. The molecule has 0 unspecified atom stereocenters. The highest BCUT2D eigenvalue weighted by Gasteiger charge is 2.19. The van der Waals surface area contributed by atoms with Gasteiger partial charge < -0.3 is 10.6 Å². The van der Waals surface area contributed by atoms with E-state index in [0.717, 1.165) is 24.7 Å². The Balaban J connectivity index is 1.77. The molecule has 92 valence electrons. The highest BCUT2D eigenvalue weighted by Crippen LogP contribution is 2.18. The van der Waals surface area contributed by atoms with Crippen LogP contribution < -0.4 is 10.6 Å². The maximum Gasteiger partial charge on any atom is 0.224 e. The van der Waals surface area contributed by atoms with Crippen molar-refractivity contribution in [2.75, 3.05) is 11.9 Å². The molecular formula is C14H20N2O. The Morgan fingerprint density at radius 3 is 2.59 bits per heavy atom. The van der Waals surface area contributed by atoms with Gasteiger partial charge in [-0.1, -0.05) is 19.1 Å². The van der Waals surface area contributed by atoms with Gasteiger partial charge in [0.2, 0.25) is 5.91 Å². The van der Waals surface area contributed by atoms with Gasteiger partial charge in [0.1, 0.15) is 0 Å². The van der Waals surface area contributed by atoms with Crippen LogP contribution in [0.3, 0.4) is 0 Å². The number of rotatable bonds is 6. The van der Waals surface area contributed by atoms with Crippen molar-refractivity contribution in [1.82, 2.24) is 5.32 Å². The second-order valence-corrected chi connectivity index (χ2v) is 4.58. The fourth-order valence-corrected chi connectivity index (χ4v) is 1.71. The molecule has 17 heavy (non-hydrogen) atoms. The minimum Gasteiger partial charge on any atom is -0.326 e. The molecule has 0 heterocycles. The molecule has 2 rings (SSSR count). The van der Waals surface area contributed by atoms with Crippen molar-refractivity contribution in [2.45, 2.75) is 38.6 Å². The van der Waals surface area contributed by atoms with Gasteiger partial charge in [-0.25, -0.2) is 0 Å². The van der Waals surface area contributed by atoms with E-state index in [0.29, 0.717) is 6.42 Å². The maximum atomic E-state index is 11.2. The number of anilines is 1. The molecule has 1 fully saturated rings. The number of carbonyl (C=O) groups excluding carboxylic acids is 1. The highest BCUT2D eigenvalue weighted by molar-refractivity contribution is 5.90. The van der Waals surface area contributed by atoms with Gasteiger partial charge in [0.05, 0.1) is 0 Å². The average molecular weight is 232 g/mol. The van der Waals surface area contributed by atoms with E-state index in [1.165, 1.54) is 18.4 Å². The average Bonchev–Trinajstić information content (AvgIpc) is 3.15. The Labute approximate surface area is 103 Å². The lowest BCUT2D eigenvalue weighted by molar-refractivity contribution is -0.115. The topological polar surface area (TPSA) is 41.1 Å². The summed E-state index contributed by atoms with van der Waals surface area (Å²) in [7, 11) is 0. The quantitative estimate of drug-likeness (QED) is 0.790. The van der Waals surface area contributed by atoms with Crippen LogP contribution in [0.1, 0.15) is 31.7 Å². The van der Waals surface area contributed by atoms with Crippen molar-refractivity contribution >= 4 is 11.6 Å². The van der Waals surface area contributed by atoms with E-state index in [2.05, 4.69) is 22.8 Å². The molecule has 0 aromatic heterocycles. The molecule has 0 radical (unpaired) electrons. The number of hydrogen-bond donors (Lipinski definition) is 2. The summed E-state index contributed by atoms with van der Waals surface area (Å²) in [5.41, 5.74) is 2.20. The van der Waals surface area contributed by atoms with E-state index in [-0.39, 0.29) is 5.91 Å². The van der Waals surface area contributed by atoms with Crippen LogP contribution in [-0.4, -0.2) is 18.5 Å². The predicted octanol–water partition coefficient (Wildman–Crippen LogP) is 2.33. The second-order valence-electron chi connectivity index (χ2n) is 4.58. The van der Waals surface area contributed by atoms with E-state index < -0.39 is 0 Å². The third-order valence-corrected chi connectivity index (χ3v) is 2.98. The standard InChI is InChI=1S/C14H20N2O/c1-2-14(17)16-13-5-3-11(4-6-13)9-10-15-12-7-8-12/h3-6,12,15H,2,7-10H2,1H3,(H,16,17). The van der Waals surface area contributed by atoms with Crippen molar-refractivity contribution in [3.05, 3.63) is 29.8 Å². The minimum absolute atomic E-state index is 0.0631. The van der Waals surface area contributed by atoms with Crippen LogP contribution in [0, 0.1) is 0 Å². The van der Waals surface area contributed by atoms with Crippen LogP contribution >= 0.6 is 0 Å². The summed E-state index contributed by atoms with van der Waals surface area (Å²) >= 11 is 0. The number of benzene rings is 1. The highest BCUT2D eigenvalue weighted by atomic mass is 16.1. The van der Waals surface area contributed by atoms with Gasteiger partial charge in [0.25, 0.3) is 0 Å². The van der Waals surface area contributed by atoms with Crippen molar-refractivity contribution in [3.8, 4) is 0 Å². The number of hydrogen-bond acceptors (Lipinski definition) is 2. The third kappa shape index (κ3) is 4.19. The Morgan fingerprint density at radius 2 is 2.00 bits per heavy atom. The van der Waals surface area contributed by atoms with Gasteiger partial charge in [0.15, 0.2) is 0 Å². The molecule has 1 aromatic rings. The van der Waals surface area contributed by atoms with Crippen LogP contribution in [0.2, 0.25) is 0 Å². The Bertz CT molecular complexity index is 368. The molecule has 1 amide bonds. The minimum atomic E-state index is 0.0631. The smallest absolute Gasteiger partial charge is 0.224 e. The van der Waals surface area contributed by atoms with Crippen molar-refractivity contribution in [1.29, 1.82) is 0 Å². The first-order valence-corrected chi connectivity index (χ1v) is 6.40. The van der Waals surface area contributed by atoms with Crippen molar-refractivity contribution in [2.24, 2.45) is 0 Å². The van der Waals surface area contributed by atoms with Gasteiger partial charge in [-0.15, -0.1) is 0 Å². The monoisotopic (exact) mass is 232 g/mol. The Kier molecular flexibility index (Phi) is 4.15. The van der Waals surface area contributed by atoms with E-state index >= 15 is 0 Å².